The van der Waals surface area contributed by atoms with Crippen LogP contribution >= 0.6 is 11.8 Å². The fourth-order valence-electron chi connectivity index (χ4n) is 3.29. The van der Waals surface area contributed by atoms with E-state index < -0.39 is 28.9 Å². The quantitative estimate of drug-likeness (QED) is 0.345. The normalized spacial score (nSPS) is 11.9. The SMILES string of the molecule is CSc1ncc2c(N(C(=O)OC(C)(C)C)C(=O)OC(C)(C)C)cc(=O)n(-c3ccccc3C)c2n1. The number of hydrogen-bond acceptors (Lipinski definition) is 8. The molecule has 0 fully saturated rings. The Morgan fingerprint density at radius 3 is 2.09 bits per heavy atom. The van der Waals surface area contributed by atoms with Crippen LogP contribution in [-0.2, 0) is 9.47 Å². The van der Waals surface area contributed by atoms with E-state index >= 15 is 0 Å². The monoisotopic (exact) mass is 498 g/mol. The molecule has 9 nitrogen and oxygen atoms in total. The van der Waals surface area contributed by atoms with Crippen LogP contribution in [0.25, 0.3) is 16.7 Å². The van der Waals surface area contributed by atoms with E-state index in [0.717, 1.165) is 10.5 Å². The van der Waals surface area contributed by atoms with Crippen molar-refractivity contribution in [3.63, 3.8) is 0 Å². The molecule has 186 valence electrons. The lowest BCUT2D eigenvalue weighted by atomic mass is 10.1. The summed E-state index contributed by atoms with van der Waals surface area (Å²) >= 11 is 1.31. The molecule has 0 spiro atoms. The molecule has 2 amide bonds. The van der Waals surface area contributed by atoms with Crippen molar-refractivity contribution in [2.75, 3.05) is 11.2 Å². The van der Waals surface area contributed by atoms with Gasteiger partial charge < -0.3 is 9.47 Å². The number of anilines is 1. The number of hydrogen-bond donors (Lipinski definition) is 0. The maximum Gasteiger partial charge on any atom is 0.424 e. The number of aromatic nitrogens is 3. The summed E-state index contributed by atoms with van der Waals surface area (Å²) in [6, 6.07) is 8.57. The van der Waals surface area contributed by atoms with Crippen LogP contribution in [0, 0.1) is 6.92 Å². The van der Waals surface area contributed by atoms with Crippen molar-refractivity contribution in [3.05, 3.63) is 52.4 Å². The van der Waals surface area contributed by atoms with Crippen molar-refractivity contribution in [1.82, 2.24) is 14.5 Å². The number of fused-ring (bicyclic) bond motifs is 1. The molecule has 10 heteroatoms. The Morgan fingerprint density at radius 2 is 1.57 bits per heavy atom. The molecular weight excluding hydrogens is 468 g/mol. The van der Waals surface area contributed by atoms with Gasteiger partial charge >= 0.3 is 12.2 Å². The lowest BCUT2D eigenvalue weighted by Gasteiger charge is -2.29. The van der Waals surface area contributed by atoms with E-state index in [0.29, 0.717) is 16.2 Å². The Hall–Kier alpha value is -3.40. The fourth-order valence-corrected chi connectivity index (χ4v) is 3.62. The third kappa shape index (κ3) is 6.00. The first-order valence-electron chi connectivity index (χ1n) is 11.0. The largest absolute Gasteiger partial charge is 0.443 e. The van der Waals surface area contributed by atoms with Gasteiger partial charge in [0.2, 0.25) is 0 Å². The number of para-hydroxylation sites is 1. The van der Waals surface area contributed by atoms with Gasteiger partial charge in [0.15, 0.2) is 10.8 Å². The zero-order valence-electron chi connectivity index (χ0n) is 21.2. The molecule has 1 aromatic carbocycles. The lowest BCUT2D eigenvalue weighted by molar-refractivity contribution is 0.0431. The van der Waals surface area contributed by atoms with Gasteiger partial charge in [-0.3, -0.25) is 9.36 Å². The zero-order chi connectivity index (χ0) is 26.1. The van der Waals surface area contributed by atoms with Crippen LogP contribution in [0.15, 0.2) is 46.5 Å². The number of amides is 2. The molecule has 2 aromatic heterocycles. The van der Waals surface area contributed by atoms with Crippen molar-refractivity contribution < 1.29 is 19.1 Å². The summed E-state index contributed by atoms with van der Waals surface area (Å²) in [6.07, 6.45) is 1.35. The number of thioether (sulfide) groups is 1. The summed E-state index contributed by atoms with van der Waals surface area (Å²) in [5.41, 5.74) is -0.573. The predicted octanol–water partition coefficient (Wildman–Crippen LogP) is 5.49. The zero-order valence-corrected chi connectivity index (χ0v) is 22.0. The van der Waals surface area contributed by atoms with Crippen LogP contribution in [0.5, 0.6) is 0 Å². The van der Waals surface area contributed by atoms with Gasteiger partial charge in [-0.1, -0.05) is 30.0 Å². The lowest BCUT2D eigenvalue weighted by Crippen LogP contribution is -2.44. The second kappa shape index (κ2) is 9.69. The number of carbonyl (C=O) groups excluding carboxylic acids is 2. The van der Waals surface area contributed by atoms with Gasteiger partial charge in [-0.05, 0) is 66.4 Å². The van der Waals surface area contributed by atoms with Crippen LogP contribution < -0.4 is 10.5 Å². The topological polar surface area (TPSA) is 104 Å². The molecule has 0 atom stereocenters. The molecule has 0 radical (unpaired) electrons. The van der Waals surface area contributed by atoms with E-state index in [1.54, 1.807) is 47.6 Å². The van der Waals surface area contributed by atoms with Gasteiger partial charge in [-0.15, -0.1) is 0 Å². The molecule has 0 aliphatic carbocycles. The standard InChI is InChI=1S/C25H30N4O5S/c1-15-11-9-10-12-17(15)28-19(30)13-18(16-14-26-21(35-8)27-20(16)28)29(22(31)33-24(2,3)4)23(32)34-25(5,6)7/h9-14H,1-8H3. The second-order valence-corrected chi connectivity index (χ2v) is 10.7. The molecule has 0 N–H and O–H groups in total. The molecule has 0 bridgehead atoms. The minimum atomic E-state index is -0.977. The molecule has 0 unspecified atom stereocenters. The molecule has 3 aromatic rings. The number of carbonyl (C=O) groups is 2. The van der Waals surface area contributed by atoms with Gasteiger partial charge in [0.25, 0.3) is 5.56 Å². The molecule has 0 saturated carbocycles. The highest BCUT2D eigenvalue weighted by atomic mass is 32.2. The second-order valence-electron chi connectivity index (χ2n) is 9.88. The Bertz CT molecular complexity index is 1310. The summed E-state index contributed by atoms with van der Waals surface area (Å²) < 4.78 is 12.4. The van der Waals surface area contributed by atoms with E-state index in [-0.39, 0.29) is 11.3 Å². The van der Waals surface area contributed by atoms with Crippen LogP contribution in [0.4, 0.5) is 15.3 Å². The van der Waals surface area contributed by atoms with E-state index in [9.17, 15) is 14.4 Å². The number of rotatable bonds is 3. The molecule has 35 heavy (non-hydrogen) atoms. The smallest absolute Gasteiger partial charge is 0.424 e. The average Bonchev–Trinajstić information content (AvgIpc) is 2.72. The third-order valence-electron chi connectivity index (χ3n) is 4.65. The van der Waals surface area contributed by atoms with Crippen molar-refractivity contribution in [2.24, 2.45) is 0 Å². The van der Waals surface area contributed by atoms with Crippen molar-refractivity contribution >= 4 is 40.7 Å². The summed E-state index contributed by atoms with van der Waals surface area (Å²) in [5, 5.41) is 0.736. The highest BCUT2D eigenvalue weighted by Gasteiger charge is 2.35. The highest BCUT2D eigenvalue weighted by Crippen LogP contribution is 2.30. The summed E-state index contributed by atoms with van der Waals surface area (Å²) in [4.78, 5) is 49.6. The maximum atomic E-state index is 13.5. The molecular formula is C25H30N4O5S. The molecule has 0 aliphatic rings. The van der Waals surface area contributed by atoms with Gasteiger partial charge in [-0.25, -0.2) is 19.6 Å². The van der Waals surface area contributed by atoms with E-state index in [2.05, 4.69) is 9.97 Å². The van der Waals surface area contributed by atoms with Crippen LogP contribution in [0.1, 0.15) is 47.1 Å². The predicted molar refractivity (Wildman–Crippen MR) is 137 cm³/mol. The summed E-state index contributed by atoms with van der Waals surface area (Å²) in [7, 11) is 0. The van der Waals surface area contributed by atoms with Gasteiger partial charge in [-0.2, -0.15) is 4.90 Å². The van der Waals surface area contributed by atoms with Crippen molar-refractivity contribution in [3.8, 4) is 5.69 Å². The number of pyridine rings is 1. The Labute approximate surface area is 208 Å². The van der Waals surface area contributed by atoms with Crippen LogP contribution in [-0.4, -0.2) is 44.2 Å². The number of imide groups is 1. The summed E-state index contributed by atoms with van der Waals surface area (Å²) in [6.45, 7) is 12.0. The van der Waals surface area contributed by atoms with Crippen LogP contribution in [0.3, 0.4) is 0 Å². The first-order chi connectivity index (χ1) is 16.2. The minimum Gasteiger partial charge on any atom is -0.443 e. The fraction of sp³-hybridized carbons (Fsp3) is 0.400. The summed E-state index contributed by atoms with van der Waals surface area (Å²) in [5.74, 6) is 0. The molecule has 3 rings (SSSR count). The maximum absolute atomic E-state index is 13.5. The highest BCUT2D eigenvalue weighted by molar-refractivity contribution is 7.98. The third-order valence-corrected chi connectivity index (χ3v) is 5.21. The number of ether oxygens (including phenoxy) is 2. The Kier molecular flexibility index (Phi) is 7.26. The van der Waals surface area contributed by atoms with E-state index in [1.807, 2.05) is 31.4 Å². The van der Waals surface area contributed by atoms with E-state index in [4.69, 9.17) is 9.47 Å². The van der Waals surface area contributed by atoms with Gasteiger partial charge in [0, 0.05) is 12.3 Å². The molecule has 2 heterocycles. The number of aryl methyl sites for hydroxylation is 1. The Morgan fingerprint density at radius 1 is 1.00 bits per heavy atom. The van der Waals surface area contributed by atoms with Crippen LogP contribution in [0.2, 0.25) is 0 Å². The van der Waals surface area contributed by atoms with Crippen molar-refractivity contribution in [2.45, 2.75) is 64.8 Å². The van der Waals surface area contributed by atoms with Crippen molar-refractivity contribution in [1.29, 1.82) is 0 Å². The van der Waals surface area contributed by atoms with E-state index in [1.165, 1.54) is 28.6 Å². The average molecular weight is 499 g/mol. The number of benzene rings is 1. The first kappa shape index (κ1) is 26.2. The first-order valence-corrected chi connectivity index (χ1v) is 12.2. The minimum absolute atomic E-state index is 0.0222. The number of nitrogens with zero attached hydrogens (tertiary/aromatic N) is 4. The molecule has 0 saturated heterocycles. The van der Waals surface area contributed by atoms with Gasteiger partial charge in [0.1, 0.15) is 11.2 Å². The van der Waals surface area contributed by atoms with Gasteiger partial charge in [0.05, 0.1) is 16.8 Å². The molecule has 0 aliphatic heterocycles. The Balaban J connectivity index is 2.36.